The Morgan fingerprint density at radius 1 is 0.815 bits per heavy atom. The third kappa shape index (κ3) is 4.18. The van der Waals surface area contributed by atoms with Crippen molar-refractivity contribution in [1.82, 2.24) is 9.38 Å². The maximum absolute atomic E-state index is 5.30. The maximum atomic E-state index is 5.30. The zero-order valence-corrected chi connectivity index (χ0v) is 14.9. The van der Waals surface area contributed by atoms with Crippen molar-refractivity contribution >= 4 is 16.6 Å². The number of furan rings is 1. The van der Waals surface area contributed by atoms with Gasteiger partial charge >= 0.3 is 0 Å². The van der Waals surface area contributed by atoms with E-state index in [1.54, 1.807) is 12.5 Å². The lowest BCUT2D eigenvalue weighted by Crippen LogP contribution is -1.85. The number of ether oxygens (including phenoxy) is 1. The summed E-state index contributed by atoms with van der Waals surface area (Å²) in [4.78, 5) is 4.08. The fourth-order valence-corrected chi connectivity index (χ4v) is 2.89. The van der Waals surface area contributed by atoms with E-state index in [9.17, 15) is 0 Å². The molecule has 0 aliphatic carbocycles. The van der Waals surface area contributed by atoms with E-state index < -0.39 is 0 Å². The van der Waals surface area contributed by atoms with Gasteiger partial charge in [0.15, 0.2) is 0 Å². The summed E-state index contributed by atoms with van der Waals surface area (Å²) in [6.07, 6.45) is 8.47. The minimum absolute atomic E-state index is 0.860. The van der Waals surface area contributed by atoms with Gasteiger partial charge in [0.2, 0.25) is 0 Å². The number of rotatable bonds is 0. The molecule has 0 unspecified atom stereocenters. The number of fused-ring (bicyclic) bond motifs is 3. The second-order valence-corrected chi connectivity index (χ2v) is 6.06. The molecular weight excluding hydrogens is 336 g/mol. The summed E-state index contributed by atoms with van der Waals surface area (Å²) < 4.78 is 12.4. The third-order valence-electron chi connectivity index (χ3n) is 4.26. The quantitative estimate of drug-likeness (QED) is 0.373. The Morgan fingerprint density at radius 2 is 1.67 bits per heavy atom. The van der Waals surface area contributed by atoms with Crippen LogP contribution in [0.4, 0.5) is 0 Å². The number of pyridine rings is 1. The van der Waals surface area contributed by atoms with Gasteiger partial charge in [-0.25, -0.2) is 4.98 Å². The summed E-state index contributed by atoms with van der Waals surface area (Å²) in [5.74, 6) is 1.07. The Labute approximate surface area is 157 Å². The Hall–Kier alpha value is -3.53. The predicted molar refractivity (Wildman–Crippen MR) is 107 cm³/mol. The first-order chi connectivity index (χ1) is 13.4. The molecule has 0 amide bonds. The SMILES string of the molecule is c1ccc2c(c1)CCO2.c1ccc2occc2c1.c1ccn2ccnc2c1. The molecule has 0 fully saturated rings. The number of aromatic nitrogens is 2. The van der Waals surface area contributed by atoms with Crippen LogP contribution >= 0.6 is 0 Å². The Balaban J connectivity index is 0.0000001000. The van der Waals surface area contributed by atoms with E-state index >= 15 is 0 Å². The van der Waals surface area contributed by atoms with Gasteiger partial charge in [0.25, 0.3) is 0 Å². The van der Waals surface area contributed by atoms with Crippen LogP contribution in [0, 0.1) is 0 Å². The summed E-state index contributed by atoms with van der Waals surface area (Å²) in [5.41, 5.74) is 3.30. The topological polar surface area (TPSA) is 39.7 Å². The molecule has 4 nitrogen and oxygen atoms in total. The van der Waals surface area contributed by atoms with E-state index in [1.165, 1.54) is 5.56 Å². The first kappa shape index (κ1) is 16.9. The molecule has 4 heteroatoms. The average Bonchev–Trinajstić information content (AvgIpc) is 3.48. The van der Waals surface area contributed by atoms with Crippen molar-refractivity contribution in [3.63, 3.8) is 0 Å². The van der Waals surface area contributed by atoms with E-state index in [0.717, 1.165) is 35.4 Å². The number of hydrogen-bond acceptors (Lipinski definition) is 3. The van der Waals surface area contributed by atoms with Gasteiger partial charge in [0, 0.05) is 30.4 Å². The first-order valence-corrected chi connectivity index (χ1v) is 8.91. The van der Waals surface area contributed by atoms with Crippen LogP contribution in [0.25, 0.3) is 16.6 Å². The number of hydrogen-bond donors (Lipinski definition) is 0. The van der Waals surface area contributed by atoms with E-state index in [0.29, 0.717) is 0 Å². The molecule has 4 heterocycles. The number of imidazole rings is 1. The monoisotopic (exact) mass is 356 g/mol. The molecule has 0 N–H and O–H groups in total. The molecule has 2 aromatic carbocycles. The summed E-state index contributed by atoms with van der Waals surface area (Å²) in [6, 6.07) is 24.0. The molecule has 134 valence electrons. The zero-order valence-electron chi connectivity index (χ0n) is 14.9. The van der Waals surface area contributed by atoms with Gasteiger partial charge in [-0.2, -0.15) is 0 Å². The number of nitrogens with zero attached hydrogens (tertiary/aromatic N) is 2. The maximum Gasteiger partial charge on any atom is 0.136 e. The summed E-state index contributed by atoms with van der Waals surface area (Å²) >= 11 is 0. The van der Waals surface area contributed by atoms with Crippen LogP contribution in [0.5, 0.6) is 5.75 Å². The summed E-state index contributed by atoms with van der Waals surface area (Å²) in [7, 11) is 0. The minimum atomic E-state index is 0.860. The predicted octanol–water partition coefficient (Wildman–Crippen LogP) is 5.39. The first-order valence-electron chi connectivity index (χ1n) is 8.91. The molecular formula is C23H20N2O2. The Bertz CT molecular complexity index is 978. The van der Waals surface area contributed by atoms with E-state index in [4.69, 9.17) is 9.15 Å². The molecule has 5 aromatic rings. The normalized spacial score (nSPS) is 11.7. The minimum Gasteiger partial charge on any atom is -0.493 e. The summed E-state index contributed by atoms with van der Waals surface area (Å²) in [5, 5.41) is 1.16. The van der Waals surface area contributed by atoms with Crippen LogP contribution in [-0.2, 0) is 6.42 Å². The van der Waals surface area contributed by atoms with Crippen molar-refractivity contribution in [2.45, 2.75) is 6.42 Å². The van der Waals surface area contributed by atoms with Gasteiger partial charge in [-0.1, -0.05) is 42.5 Å². The molecule has 1 aliphatic heterocycles. The molecule has 0 atom stereocenters. The lowest BCUT2D eigenvalue weighted by atomic mass is 10.2. The van der Waals surface area contributed by atoms with Crippen molar-refractivity contribution in [1.29, 1.82) is 0 Å². The molecule has 0 saturated carbocycles. The molecule has 0 bridgehead atoms. The largest absolute Gasteiger partial charge is 0.493 e. The van der Waals surface area contributed by atoms with Crippen molar-refractivity contribution in [3.05, 3.63) is 103 Å². The third-order valence-corrected chi connectivity index (χ3v) is 4.26. The standard InChI is InChI=1S/C8H8O.C8H6O.C7H6N2/c2*1-2-4-8-7(3-1)5-6-9-8;1-2-5-9-6-4-8-7(9)3-1/h1-4H,5-6H2;2*1-6H. The van der Waals surface area contributed by atoms with Crippen molar-refractivity contribution in [2.24, 2.45) is 0 Å². The van der Waals surface area contributed by atoms with Crippen LogP contribution in [0.15, 0.2) is 102 Å². The van der Waals surface area contributed by atoms with Gasteiger partial charge in [-0.3, -0.25) is 0 Å². The van der Waals surface area contributed by atoms with Gasteiger partial charge in [-0.05, 0) is 35.9 Å². The lowest BCUT2D eigenvalue weighted by Gasteiger charge is -1.93. The molecule has 6 rings (SSSR count). The molecule has 1 aliphatic rings. The zero-order chi connectivity index (χ0) is 18.3. The second-order valence-electron chi connectivity index (χ2n) is 6.06. The van der Waals surface area contributed by atoms with E-state index in [1.807, 2.05) is 83.5 Å². The Morgan fingerprint density at radius 3 is 2.56 bits per heavy atom. The van der Waals surface area contributed by atoms with Crippen molar-refractivity contribution in [3.8, 4) is 5.75 Å². The Kier molecular flexibility index (Phi) is 5.16. The van der Waals surface area contributed by atoms with Crippen LogP contribution < -0.4 is 4.74 Å². The van der Waals surface area contributed by atoms with E-state index in [2.05, 4.69) is 11.1 Å². The highest BCUT2D eigenvalue weighted by Crippen LogP contribution is 2.23. The molecule has 0 spiro atoms. The van der Waals surface area contributed by atoms with Crippen molar-refractivity contribution < 1.29 is 9.15 Å². The van der Waals surface area contributed by atoms with Crippen LogP contribution in [0.1, 0.15) is 5.56 Å². The van der Waals surface area contributed by atoms with Crippen LogP contribution in [0.3, 0.4) is 0 Å². The highest BCUT2D eigenvalue weighted by atomic mass is 16.5. The highest BCUT2D eigenvalue weighted by molar-refractivity contribution is 5.76. The van der Waals surface area contributed by atoms with Gasteiger partial charge < -0.3 is 13.6 Å². The second kappa shape index (κ2) is 8.23. The molecule has 0 radical (unpaired) electrons. The molecule has 0 saturated heterocycles. The van der Waals surface area contributed by atoms with Crippen LogP contribution in [0.2, 0.25) is 0 Å². The smallest absolute Gasteiger partial charge is 0.136 e. The average molecular weight is 356 g/mol. The van der Waals surface area contributed by atoms with E-state index in [-0.39, 0.29) is 0 Å². The number of benzene rings is 2. The van der Waals surface area contributed by atoms with Crippen molar-refractivity contribution in [2.75, 3.05) is 6.61 Å². The summed E-state index contributed by atoms with van der Waals surface area (Å²) in [6.45, 7) is 0.860. The fraction of sp³-hybridized carbons (Fsp3) is 0.0870. The number of para-hydroxylation sites is 2. The lowest BCUT2D eigenvalue weighted by molar-refractivity contribution is 0.357. The highest BCUT2D eigenvalue weighted by Gasteiger charge is 2.08. The fourth-order valence-electron chi connectivity index (χ4n) is 2.89. The van der Waals surface area contributed by atoms with Crippen LogP contribution in [-0.4, -0.2) is 16.0 Å². The molecule has 27 heavy (non-hydrogen) atoms. The van der Waals surface area contributed by atoms with Gasteiger partial charge in [0.05, 0.1) is 12.9 Å². The van der Waals surface area contributed by atoms with Gasteiger partial charge in [0.1, 0.15) is 17.0 Å². The molecule has 3 aromatic heterocycles. The van der Waals surface area contributed by atoms with Gasteiger partial charge in [-0.15, -0.1) is 0 Å².